The van der Waals surface area contributed by atoms with Crippen LogP contribution in [-0.4, -0.2) is 36.3 Å². The number of fused-ring (bicyclic) bond motifs is 1. The van der Waals surface area contributed by atoms with Crippen molar-refractivity contribution in [2.75, 3.05) is 0 Å². The molecule has 0 aliphatic heterocycles. The van der Waals surface area contributed by atoms with E-state index in [1.807, 2.05) is 0 Å². The quantitative estimate of drug-likeness (QED) is 0.341. The highest BCUT2D eigenvalue weighted by Crippen LogP contribution is 2.30. The van der Waals surface area contributed by atoms with Gasteiger partial charge in [0.1, 0.15) is 5.82 Å². The number of hydrogen-bond donors (Lipinski definition) is 2. The Morgan fingerprint density at radius 3 is 2.53 bits per heavy atom. The van der Waals surface area contributed by atoms with Crippen LogP contribution in [0.25, 0.3) is 22.3 Å². The van der Waals surface area contributed by atoms with Crippen LogP contribution in [0, 0.1) is 5.82 Å². The fourth-order valence-corrected chi connectivity index (χ4v) is 3.79. The first-order valence-corrected chi connectivity index (χ1v) is 10.7. The molecule has 2 heterocycles. The topological polar surface area (TPSA) is 101 Å². The second-order valence-electron chi connectivity index (χ2n) is 8.00. The van der Waals surface area contributed by atoms with Crippen molar-refractivity contribution >= 4 is 16.8 Å². The number of nitrogens with one attached hydrogen (secondary N) is 2. The molecule has 0 fully saturated rings. The number of alkyl halides is 3. The molecule has 0 saturated carbocycles. The summed E-state index contributed by atoms with van der Waals surface area (Å²) in [6.07, 6.45) is -4.49. The molecule has 0 aliphatic carbocycles. The third-order valence-corrected chi connectivity index (χ3v) is 5.54. The van der Waals surface area contributed by atoms with Crippen molar-refractivity contribution < 1.29 is 22.4 Å². The average molecular weight is 495 g/mol. The maximum Gasteiger partial charge on any atom is 0.416 e. The van der Waals surface area contributed by atoms with Gasteiger partial charge >= 0.3 is 6.18 Å². The van der Waals surface area contributed by atoms with Crippen molar-refractivity contribution in [3.05, 3.63) is 94.9 Å². The summed E-state index contributed by atoms with van der Waals surface area (Å²) in [5.74, 6) is -0.602. The van der Waals surface area contributed by atoms with E-state index < -0.39 is 23.5 Å². The van der Waals surface area contributed by atoms with Crippen LogP contribution in [0.15, 0.2) is 66.7 Å². The average Bonchev–Trinajstić information content (AvgIpc) is 3.51. The van der Waals surface area contributed by atoms with Gasteiger partial charge in [0.25, 0.3) is 5.91 Å². The van der Waals surface area contributed by atoms with E-state index in [4.69, 9.17) is 0 Å². The van der Waals surface area contributed by atoms with Crippen LogP contribution in [0.5, 0.6) is 0 Å². The highest BCUT2D eigenvalue weighted by Gasteiger charge is 2.30. The van der Waals surface area contributed by atoms with Crippen molar-refractivity contribution in [3.8, 4) is 11.4 Å². The first-order chi connectivity index (χ1) is 17.3. The lowest BCUT2D eigenvalue weighted by atomic mass is 10.1. The number of rotatable bonds is 6. The summed E-state index contributed by atoms with van der Waals surface area (Å²) in [4.78, 5) is 13.0. The summed E-state index contributed by atoms with van der Waals surface area (Å²) in [5.41, 5.74) is 1.51. The molecule has 5 rings (SSSR count). The summed E-state index contributed by atoms with van der Waals surface area (Å²) in [5, 5.41) is 20.9. The third kappa shape index (κ3) is 4.78. The maximum absolute atomic E-state index is 14.0. The van der Waals surface area contributed by atoms with Crippen LogP contribution in [0.2, 0.25) is 0 Å². The molecule has 12 heteroatoms. The number of benzene rings is 3. The molecule has 3 aromatic carbocycles. The van der Waals surface area contributed by atoms with Crippen molar-refractivity contribution in [2.45, 2.75) is 19.3 Å². The van der Waals surface area contributed by atoms with Gasteiger partial charge in [-0.05, 0) is 51.9 Å². The van der Waals surface area contributed by atoms with E-state index in [-0.39, 0.29) is 24.2 Å². The molecule has 0 unspecified atom stereocenters. The van der Waals surface area contributed by atoms with Crippen LogP contribution in [0.4, 0.5) is 17.6 Å². The third-order valence-electron chi connectivity index (χ3n) is 5.54. The van der Waals surface area contributed by atoms with Crippen LogP contribution in [0.1, 0.15) is 27.2 Å². The number of H-pyrrole nitrogens is 1. The molecule has 1 amide bonds. The van der Waals surface area contributed by atoms with Gasteiger partial charge < -0.3 is 5.32 Å². The molecule has 0 saturated heterocycles. The van der Waals surface area contributed by atoms with Gasteiger partial charge in [-0.15, -0.1) is 5.10 Å². The molecule has 2 aromatic heterocycles. The smallest absolute Gasteiger partial charge is 0.347 e. The number of carbonyl (C=O) groups is 1. The standard InChI is InChI=1S/C24H17F4N7O/c25-18-8-9-20-19(11-18)21(32-35(20)13-15-2-1-3-17(10-15)24(26,27)28)23(36)29-12-14-4-6-16(7-5-14)22-30-33-34-31-22/h1-11H,12-13H2,(H,29,36)(H,30,31,33,34). The fraction of sp³-hybridized carbons (Fsp3) is 0.125. The Morgan fingerprint density at radius 1 is 1.00 bits per heavy atom. The van der Waals surface area contributed by atoms with E-state index in [0.717, 1.165) is 23.3 Å². The molecular weight excluding hydrogens is 478 g/mol. The minimum absolute atomic E-state index is 0.0270. The minimum atomic E-state index is -4.49. The summed E-state index contributed by atoms with van der Waals surface area (Å²) in [6.45, 7) is 0.141. The lowest BCUT2D eigenvalue weighted by molar-refractivity contribution is -0.137. The van der Waals surface area contributed by atoms with Gasteiger partial charge in [-0.2, -0.15) is 18.3 Å². The van der Waals surface area contributed by atoms with E-state index in [9.17, 15) is 22.4 Å². The molecule has 182 valence electrons. The number of aromatic amines is 1. The molecule has 0 bridgehead atoms. The highest BCUT2D eigenvalue weighted by molar-refractivity contribution is 6.04. The largest absolute Gasteiger partial charge is 0.416 e. The maximum atomic E-state index is 14.0. The molecule has 8 nitrogen and oxygen atoms in total. The van der Waals surface area contributed by atoms with Crippen molar-refractivity contribution in [2.24, 2.45) is 0 Å². The zero-order valence-electron chi connectivity index (χ0n) is 18.4. The van der Waals surface area contributed by atoms with Gasteiger partial charge in [-0.25, -0.2) is 9.49 Å². The summed E-state index contributed by atoms with van der Waals surface area (Å²) in [6, 6.07) is 15.8. The normalized spacial score (nSPS) is 11.7. The Morgan fingerprint density at radius 2 is 1.81 bits per heavy atom. The van der Waals surface area contributed by atoms with Crippen LogP contribution >= 0.6 is 0 Å². The van der Waals surface area contributed by atoms with Gasteiger partial charge in [0.2, 0.25) is 0 Å². The minimum Gasteiger partial charge on any atom is -0.347 e. The Hall–Kier alpha value is -4.61. The van der Waals surface area contributed by atoms with Gasteiger partial charge in [0.15, 0.2) is 11.5 Å². The van der Waals surface area contributed by atoms with Gasteiger partial charge in [-0.3, -0.25) is 9.48 Å². The zero-order chi connectivity index (χ0) is 25.3. The number of tetrazole rings is 1. The molecule has 36 heavy (non-hydrogen) atoms. The summed E-state index contributed by atoms with van der Waals surface area (Å²) in [7, 11) is 0. The van der Waals surface area contributed by atoms with Gasteiger partial charge in [-0.1, -0.05) is 36.4 Å². The molecular formula is C24H17F4N7O. The molecule has 0 radical (unpaired) electrons. The first-order valence-electron chi connectivity index (χ1n) is 10.7. The number of carbonyl (C=O) groups excluding carboxylic acids is 1. The van der Waals surface area contributed by atoms with Crippen LogP contribution in [-0.2, 0) is 19.3 Å². The van der Waals surface area contributed by atoms with Crippen molar-refractivity contribution in [3.63, 3.8) is 0 Å². The van der Waals surface area contributed by atoms with Gasteiger partial charge in [0, 0.05) is 17.5 Å². The Bertz CT molecular complexity index is 1530. The Kier molecular flexibility index (Phi) is 5.92. The summed E-state index contributed by atoms with van der Waals surface area (Å²) >= 11 is 0. The number of hydrogen-bond acceptors (Lipinski definition) is 5. The molecule has 0 atom stereocenters. The molecule has 2 N–H and O–H groups in total. The van der Waals surface area contributed by atoms with Crippen LogP contribution in [0.3, 0.4) is 0 Å². The SMILES string of the molecule is O=C(NCc1ccc(-c2nnn[nH]2)cc1)c1nn(Cc2cccc(C(F)(F)F)c2)c2ccc(F)cc12. The van der Waals surface area contributed by atoms with E-state index in [1.165, 1.54) is 35.0 Å². The number of nitrogens with zero attached hydrogens (tertiary/aromatic N) is 5. The van der Waals surface area contributed by atoms with E-state index >= 15 is 0 Å². The lowest BCUT2D eigenvalue weighted by Gasteiger charge is -2.09. The second kappa shape index (κ2) is 9.21. The van der Waals surface area contributed by atoms with Gasteiger partial charge in [0.05, 0.1) is 17.6 Å². The molecule has 5 aromatic rings. The first kappa shape index (κ1) is 23.1. The fourth-order valence-electron chi connectivity index (χ4n) is 3.79. The zero-order valence-corrected chi connectivity index (χ0v) is 18.4. The van der Waals surface area contributed by atoms with E-state index in [1.54, 1.807) is 24.3 Å². The number of aromatic nitrogens is 6. The second-order valence-corrected chi connectivity index (χ2v) is 8.00. The molecule has 0 aliphatic rings. The predicted molar refractivity (Wildman–Crippen MR) is 121 cm³/mol. The number of halogens is 4. The lowest BCUT2D eigenvalue weighted by Crippen LogP contribution is -2.23. The van der Waals surface area contributed by atoms with E-state index in [0.29, 0.717) is 16.9 Å². The van der Waals surface area contributed by atoms with E-state index in [2.05, 4.69) is 31.0 Å². The van der Waals surface area contributed by atoms with Crippen molar-refractivity contribution in [1.82, 2.24) is 35.7 Å². The van der Waals surface area contributed by atoms with Crippen LogP contribution < -0.4 is 5.32 Å². The summed E-state index contributed by atoms with van der Waals surface area (Å²) < 4.78 is 54.7. The Labute approximate surface area is 200 Å². The number of amides is 1. The van der Waals surface area contributed by atoms with Crippen molar-refractivity contribution in [1.29, 1.82) is 0 Å². The molecule has 0 spiro atoms. The highest BCUT2D eigenvalue weighted by atomic mass is 19.4. The predicted octanol–water partition coefficient (Wildman–Crippen LogP) is 4.35. The Balaban J connectivity index is 1.37. The monoisotopic (exact) mass is 495 g/mol.